The maximum atomic E-state index is 2.52. The number of nitrogens with zero attached hydrogens (tertiary/aromatic N) is 2. The van der Waals surface area contributed by atoms with Gasteiger partial charge in [-0.2, -0.15) is 0 Å². The molecule has 0 saturated heterocycles. The maximum absolute atomic E-state index is 2.52. The molecule has 0 aliphatic heterocycles. The van der Waals surface area contributed by atoms with E-state index >= 15 is 0 Å². The number of hydrogen-bond acceptors (Lipinski definition) is 2. The minimum absolute atomic E-state index is 0.00452. The molecule has 10 aromatic rings. The van der Waals surface area contributed by atoms with Crippen LogP contribution >= 0.6 is 0 Å². The first-order chi connectivity index (χ1) is 30.8. The average molecular weight is 829 g/mol. The van der Waals surface area contributed by atoms with Gasteiger partial charge in [-0.25, -0.2) is 0 Å². The van der Waals surface area contributed by atoms with Gasteiger partial charge in [0.2, 0.25) is 0 Å². The Morgan fingerprint density at radius 3 is 1.17 bits per heavy atom. The minimum Gasteiger partial charge on any atom is -0.310 e. The zero-order chi connectivity index (χ0) is 44.4. The topological polar surface area (TPSA) is 6.48 Å². The average Bonchev–Trinajstić information content (AvgIpc) is 3.28. The first-order valence-electron chi connectivity index (χ1n) is 22.7. The normalized spacial score (nSPS) is 11.8. The zero-order valence-electron chi connectivity index (χ0n) is 38.6. The fourth-order valence-corrected chi connectivity index (χ4v) is 9.71. The van der Waals surface area contributed by atoms with Gasteiger partial charge in [-0.1, -0.05) is 165 Å². The van der Waals surface area contributed by atoms with Crippen molar-refractivity contribution in [3.05, 3.63) is 215 Å². The van der Waals surface area contributed by atoms with Crippen LogP contribution in [0.3, 0.4) is 0 Å². The van der Waals surface area contributed by atoms with Crippen LogP contribution in [0, 0.1) is 41.5 Å². The number of rotatable bonds is 8. The van der Waals surface area contributed by atoms with Crippen LogP contribution in [-0.4, -0.2) is 0 Å². The molecule has 0 aliphatic carbocycles. The van der Waals surface area contributed by atoms with Crippen molar-refractivity contribution in [1.82, 2.24) is 0 Å². The molecule has 0 fully saturated rings. The molecule has 0 N–H and O–H groups in total. The Balaban J connectivity index is 1.35. The summed E-state index contributed by atoms with van der Waals surface area (Å²) in [6.07, 6.45) is 0. The summed E-state index contributed by atoms with van der Waals surface area (Å²) in [5, 5.41) is 7.55. The van der Waals surface area contributed by atoms with Gasteiger partial charge in [0, 0.05) is 38.9 Å². The van der Waals surface area contributed by atoms with Crippen LogP contribution in [0.5, 0.6) is 0 Å². The summed E-state index contributed by atoms with van der Waals surface area (Å²) in [5.41, 5.74) is 20.4. The summed E-state index contributed by atoms with van der Waals surface area (Å²) in [6.45, 7) is 20.2. The Bertz CT molecular complexity index is 3150. The molecule has 10 rings (SSSR count). The molecule has 0 atom stereocenters. The molecule has 314 valence electrons. The van der Waals surface area contributed by atoms with Crippen molar-refractivity contribution < 1.29 is 0 Å². The quantitative estimate of drug-likeness (QED) is 0.141. The van der Waals surface area contributed by atoms with Gasteiger partial charge in [-0.15, -0.1) is 0 Å². The van der Waals surface area contributed by atoms with Gasteiger partial charge in [0.05, 0.1) is 11.4 Å². The Labute approximate surface area is 379 Å². The van der Waals surface area contributed by atoms with Crippen molar-refractivity contribution in [1.29, 1.82) is 0 Å². The van der Waals surface area contributed by atoms with Crippen LogP contribution in [0.25, 0.3) is 54.6 Å². The molecule has 2 nitrogen and oxygen atoms in total. The summed E-state index contributed by atoms with van der Waals surface area (Å²) < 4.78 is 0. The Hall–Kier alpha value is -7.16. The third kappa shape index (κ3) is 7.18. The van der Waals surface area contributed by atoms with Crippen molar-refractivity contribution in [3.8, 4) is 22.3 Å². The van der Waals surface area contributed by atoms with E-state index < -0.39 is 0 Å². The van der Waals surface area contributed by atoms with Crippen LogP contribution in [0.2, 0.25) is 0 Å². The van der Waals surface area contributed by atoms with Crippen molar-refractivity contribution in [2.24, 2.45) is 0 Å². The van der Waals surface area contributed by atoms with Crippen LogP contribution < -0.4 is 9.80 Å². The molecule has 64 heavy (non-hydrogen) atoms. The largest absolute Gasteiger partial charge is 0.310 e. The second kappa shape index (κ2) is 15.9. The molecule has 0 aromatic heterocycles. The molecule has 0 saturated carbocycles. The Morgan fingerprint density at radius 2 is 0.766 bits per heavy atom. The van der Waals surface area contributed by atoms with Crippen LogP contribution in [0.15, 0.2) is 176 Å². The fourth-order valence-electron chi connectivity index (χ4n) is 9.71. The monoisotopic (exact) mass is 828 g/mol. The van der Waals surface area contributed by atoms with E-state index in [1.54, 1.807) is 0 Å². The highest BCUT2D eigenvalue weighted by Gasteiger charge is 2.27. The molecule has 0 unspecified atom stereocenters. The van der Waals surface area contributed by atoms with Crippen molar-refractivity contribution in [2.45, 2.75) is 67.7 Å². The second-order valence-electron chi connectivity index (χ2n) is 19.0. The lowest BCUT2D eigenvalue weighted by Gasteiger charge is -2.34. The molecular weight excluding hydrogens is 773 g/mol. The van der Waals surface area contributed by atoms with Gasteiger partial charge >= 0.3 is 0 Å². The van der Waals surface area contributed by atoms with Crippen molar-refractivity contribution >= 4 is 66.4 Å². The summed E-state index contributed by atoms with van der Waals surface area (Å²) in [6, 6.07) is 66.3. The number of hydrogen-bond donors (Lipinski definition) is 0. The maximum Gasteiger partial charge on any atom is 0.0561 e. The van der Waals surface area contributed by atoms with Crippen molar-refractivity contribution in [3.63, 3.8) is 0 Å². The minimum atomic E-state index is 0.00452. The second-order valence-corrected chi connectivity index (χ2v) is 19.0. The zero-order valence-corrected chi connectivity index (χ0v) is 38.6. The van der Waals surface area contributed by atoms with E-state index in [4.69, 9.17) is 0 Å². The van der Waals surface area contributed by atoms with E-state index in [9.17, 15) is 0 Å². The molecule has 0 spiro atoms. The van der Waals surface area contributed by atoms with E-state index in [0.29, 0.717) is 0 Å². The summed E-state index contributed by atoms with van der Waals surface area (Å²) in [7, 11) is 0. The van der Waals surface area contributed by atoms with Gasteiger partial charge in [0.15, 0.2) is 0 Å². The van der Waals surface area contributed by atoms with Crippen LogP contribution in [0.4, 0.5) is 34.1 Å². The number of aryl methyl sites for hydroxylation is 6. The lowest BCUT2D eigenvalue weighted by Crippen LogP contribution is -2.16. The highest BCUT2D eigenvalue weighted by molar-refractivity contribution is 6.29. The standard InChI is InChI=1S/C62H56N2/c1-39-18-28-50(29-19-39)63(56-36-45(24-22-43(56)5)52-16-12-10-14-41(52)3)58-38-59(55-33-27-48-35-49(62(7,8)9)34-47-26-32-54(58)61(55)60(47)48)64(51-30-20-40(2)21-31-51)57-37-46(25-23-44(57)6)53-17-13-11-15-42(53)4/h10-38H,1-9H3. The Kier molecular flexibility index (Phi) is 10.1. The molecule has 10 aromatic carbocycles. The van der Waals surface area contributed by atoms with Gasteiger partial charge in [0.25, 0.3) is 0 Å². The molecule has 2 heteroatoms. The lowest BCUT2D eigenvalue weighted by atomic mass is 9.83. The van der Waals surface area contributed by atoms with Gasteiger partial charge in [0.1, 0.15) is 0 Å². The number of benzene rings is 10. The van der Waals surface area contributed by atoms with E-state index in [0.717, 1.165) is 34.1 Å². The smallest absolute Gasteiger partial charge is 0.0561 e. The highest BCUT2D eigenvalue weighted by Crippen LogP contribution is 2.52. The lowest BCUT2D eigenvalue weighted by molar-refractivity contribution is 0.591. The molecule has 0 radical (unpaired) electrons. The third-order valence-electron chi connectivity index (χ3n) is 13.4. The Morgan fingerprint density at radius 1 is 0.344 bits per heavy atom. The summed E-state index contributed by atoms with van der Waals surface area (Å²) in [4.78, 5) is 5.05. The fraction of sp³-hybridized carbons (Fsp3) is 0.161. The van der Waals surface area contributed by atoms with Gasteiger partial charge in [-0.05, 0) is 156 Å². The molecule has 0 amide bonds. The first-order valence-corrected chi connectivity index (χ1v) is 22.7. The SMILES string of the molecule is Cc1ccc(N(c2cc(-c3ccccc3C)ccc2C)c2cc(N(c3ccc(C)cc3)c3cc(-c4ccccc4C)ccc3C)c3ccc4cc(C(C)(C)C)cc5ccc2c3c54)cc1. The first kappa shape index (κ1) is 40.9. The summed E-state index contributed by atoms with van der Waals surface area (Å²) >= 11 is 0. The molecular formula is C62H56N2. The van der Waals surface area contributed by atoms with Gasteiger partial charge < -0.3 is 9.80 Å². The highest BCUT2D eigenvalue weighted by atomic mass is 15.2. The predicted octanol–water partition coefficient (Wildman–Crippen LogP) is 18.0. The van der Waals surface area contributed by atoms with Crippen LogP contribution in [0.1, 0.15) is 59.7 Å². The van der Waals surface area contributed by atoms with Crippen molar-refractivity contribution in [2.75, 3.05) is 9.80 Å². The van der Waals surface area contributed by atoms with Gasteiger partial charge in [-0.3, -0.25) is 0 Å². The molecule has 0 bridgehead atoms. The summed E-state index contributed by atoms with van der Waals surface area (Å²) in [5.74, 6) is 0. The predicted molar refractivity (Wildman–Crippen MR) is 278 cm³/mol. The van der Waals surface area contributed by atoms with Crippen LogP contribution in [-0.2, 0) is 5.41 Å². The third-order valence-corrected chi connectivity index (χ3v) is 13.4. The van der Waals surface area contributed by atoms with E-state index in [-0.39, 0.29) is 5.41 Å². The van der Waals surface area contributed by atoms with E-state index in [1.807, 2.05) is 0 Å². The van der Waals surface area contributed by atoms with E-state index in [1.165, 1.54) is 93.5 Å². The van der Waals surface area contributed by atoms with E-state index in [2.05, 4.69) is 248 Å². The molecule has 0 heterocycles. The molecule has 0 aliphatic rings. The number of anilines is 6.